The number of nitrogens with zero attached hydrogens (tertiary/aromatic N) is 1. The molecule has 0 saturated heterocycles. The molecule has 0 aliphatic carbocycles. The number of carbonyl (C=O) groups is 1. The molecule has 0 fully saturated rings. The Balaban J connectivity index is -0.000000175. The van der Waals surface area contributed by atoms with E-state index in [9.17, 15) is 4.79 Å². The van der Waals surface area contributed by atoms with Crippen LogP contribution in [0, 0.1) is 0 Å². The minimum Gasteiger partial charge on any atom is -0.357 e. The first-order chi connectivity index (χ1) is 5.77. The minimum atomic E-state index is 0.712. The van der Waals surface area contributed by atoms with Crippen molar-refractivity contribution in [3.63, 3.8) is 0 Å². The molecule has 0 spiro atoms. The number of hydrogen-bond acceptors (Lipinski definition) is 2. The first kappa shape index (κ1) is 17.5. The number of likely N-dealkylation sites (N-methyl/N-ethyl adjacent to an activating group) is 1. The topological polar surface area (TPSA) is 32.3 Å². The molecule has 0 atom stereocenters. The summed E-state index contributed by atoms with van der Waals surface area (Å²) in [5.74, 6) is 0. The first-order valence-corrected chi connectivity index (χ1v) is 4.59. The molecule has 1 amide bonds. The summed E-state index contributed by atoms with van der Waals surface area (Å²) < 4.78 is 0. The zero-order valence-corrected chi connectivity index (χ0v) is 9.35. The molecule has 12 heavy (non-hydrogen) atoms. The van der Waals surface area contributed by atoms with Gasteiger partial charge in [0.05, 0.1) is 0 Å². The fourth-order valence-corrected chi connectivity index (χ4v) is 0.347. The van der Waals surface area contributed by atoms with Crippen LogP contribution >= 0.6 is 0 Å². The molecule has 0 aromatic heterocycles. The largest absolute Gasteiger partial charge is 0.357 e. The van der Waals surface area contributed by atoms with Gasteiger partial charge in [0, 0.05) is 13.1 Å². The van der Waals surface area contributed by atoms with Crippen molar-refractivity contribution < 1.29 is 4.79 Å². The van der Waals surface area contributed by atoms with Gasteiger partial charge in [-0.1, -0.05) is 27.7 Å². The van der Waals surface area contributed by atoms with Crippen molar-refractivity contribution in [1.82, 2.24) is 10.2 Å². The molecule has 0 aromatic rings. The summed E-state index contributed by atoms with van der Waals surface area (Å²) in [6.07, 6.45) is 0.712. The highest BCUT2D eigenvalue weighted by atomic mass is 16.1. The van der Waals surface area contributed by atoms with Crippen molar-refractivity contribution in [2.75, 3.05) is 27.2 Å². The second-order valence-corrected chi connectivity index (χ2v) is 1.88. The third kappa shape index (κ3) is 34.1. The van der Waals surface area contributed by atoms with Gasteiger partial charge in [-0.3, -0.25) is 4.79 Å². The van der Waals surface area contributed by atoms with E-state index in [1.165, 1.54) is 0 Å². The van der Waals surface area contributed by atoms with Gasteiger partial charge >= 0.3 is 0 Å². The fourth-order valence-electron chi connectivity index (χ4n) is 0.347. The van der Waals surface area contributed by atoms with Crippen LogP contribution in [-0.4, -0.2) is 38.5 Å². The Hall–Kier alpha value is -0.570. The fraction of sp³-hybridized carbons (Fsp3) is 0.889. The standard InChI is InChI=1S/C5H12N2O.2C2H6/c1-7(2)4-3-6-5-8;2*1-2/h5H,3-4H2,1-2H3,(H,6,8);2*1-2H3. The summed E-state index contributed by atoms with van der Waals surface area (Å²) in [6.45, 7) is 9.63. The summed E-state index contributed by atoms with van der Waals surface area (Å²) in [5, 5.41) is 2.56. The maximum Gasteiger partial charge on any atom is 0.207 e. The molecule has 0 heterocycles. The molecule has 0 rings (SSSR count). The highest BCUT2D eigenvalue weighted by molar-refractivity contribution is 5.45. The Kier molecular flexibility index (Phi) is 32.7. The molecule has 0 bridgehead atoms. The lowest BCUT2D eigenvalue weighted by atomic mass is 10.6. The maximum atomic E-state index is 9.66. The number of hydrogen-bond donors (Lipinski definition) is 1. The second kappa shape index (κ2) is 22.4. The smallest absolute Gasteiger partial charge is 0.207 e. The van der Waals surface area contributed by atoms with E-state index >= 15 is 0 Å². The van der Waals surface area contributed by atoms with Crippen LogP contribution in [0.1, 0.15) is 27.7 Å². The third-order valence-corrected chi connectivity index (χ3v) is 0.787. The number of carbonyl (C=O) groups excluding carboxylic acids is 1. The zero-order chi connectivity index (χ0) is 10.4. The monoisotopic (exact) mass is 176 g/mol. The van der Waals surface area contributed by atoms with Crippen LogP contribution in [-0.2, 0) is 4.79 Å². The lowest BCUT2D eigenvalue weighted by Gasteiger charge is -2.06. The summed E-state index contributed by atoms with van der Waals surface area (Å²) in [4.78, 5) is 11.7. The molecule has 0 aromatic carbocycles. The molecule has 76 valence electrons. The molecule has 0 aliphatic rings. The Morgan fingerprint density at radius 3 is 1.83 bits per heavy atom. The summed E-state index contributed by atoms with van der Waals surface area (Å²) in [7, 11) is 3.93. The van der Waals surface area contributed by atoms with Crippen LogP contribution in [0.25, 0.3) is 0 Å². The van der Waals surface area contributed by atoms with E-state index < -0.39 is 0 Å². The summed E-state index contributed by atoms with van der Waals surface area (Å²) in [5.41, 5.74) is 0. The number of nitrogens with one attached hydrogen (secondary N) is 1. The van der Waals surface area contributed by atoms with E-state index in [1.807, 2.05) is 46.7 Å². The normalized spacial score (nSPS) is 7.25. The van der Waals surface area contributed by atoms with Crippen LogP contribution in [0.3, 0.4) is 0 Å². The molecule has 3 nitrogen and oxygen atoms in total. The van der Waals surface area contributed by atoms with Gasteiger partial charge in [0.15, 0.2) is 0 Å². The van der Waals surface area contributed by atoms with Gasteiger partial charge in [-0.25, -0.2) is 0 Å². The highest BCUT2D eigenvalue weighted by Gasteiger charge is 1.84. The Labute approximate surface area is 77.1 Å². The van der Waals surface area contributed by atoms with Crippen molar-refractivity contribution in [2.24, 2.45) is 0 Å². The molecular formula is C9H24N2O. The lowest BCUT2D eigenvalue weighted by Crippen LogP contribution is -2.25. The quantitative estimate of drug-likeness (QED) is 0.518. The van der Waals surface area contributed by atoms with Crippen molar-refractivity contribution in [3.8, 4) is 0 Å². The van der Waals surface area contributed by atoms with Crippen molar-refractivity contribution in [1.29, 1.82) is 0 Å². The van der Waals surface area contributed by atoms with Crippen molar-refractivity contribution >= 4 is 6.41 Å². The van der Waals surface area contributed by atoms with Crippen LogP contribution < -0.4 is 5.32 Å². The SMILES string of the molecule is CC.CC.CN(C)CCNC=O. The first-order valence-electron chi connectivity index (χ1n) is 4.59. The van der Waals surface area contributed by atoms with Gasteiger partial charge < -0.3 is 10.2 Å². The van der Waals surface area contributed by atoms with E-state index in [0.717, 1.165) is 13.1 Å². The highest BCUT2D eigenvalue weighted by Crippen LogP contribution is 1.67. The van der Waals surface area contributed by atoms with E-state index in [1.54, 1.807) is 0 Å². The summed E-state index contributed by atoms with van der Waals surface area (Å²) in [6, 6.07) is 0. The lowest BCUT2D eigenvalue weighted by molar-refractivity contribution is -0.109. The van der Waals surface area contributed by atoms with Crippen molar-refractivity contribution in [2.45, 2.75) is 27.7 Å². The van der Waals surface area contributed by atoms with E-state index in [2.05, 4.69) is 5.32 Å². The molecule has 0 aliphatic heterocycles. The van der Waals surface area contributed by atoms with E-state index in [0.29, 0.717) is 6.41 Å². The van der Waals surface area contributed by atoms with Crippen LogP contribution in [0.4, 0.5) is 0 Å². The van der Waals surface area contributed by atoms with Crippen molar-refractivity contribution in [3.05, 3.63) is 0 Å². The van der Waals surface area contributed by atoms with Gasteiger partial charge in [0.2, 0.25) is 6.41 Å². The molecule has 1 N–H and O–H groups in total. The van der Waals surface area contributed by atoms with Gasteiger partial charge in [-0.15, -0.1) is 0 Å². The predicted octanol–water partition coefficient (Wildman–Crippen LogP) is 1.35. The molecule has 0 radical (unpaired) electrons. The molecule has 3 heteroatoms. The molecule has 0 saturated carbocycles. The second-order valence-electron chi connectivity index (χ2n) is 1.88. The van der Waals surface area contributed by atoms with Crippen LogP contribution in [0.2, 0.25) is 0 Å². The van der Waals surface area contributed by atoms with Crippen LogP contribution in [0.5, 0.6) is 0 Å². The Bertz CT molecular complexity index is 65.5. The van der Waals surface area contributed by atoms with Gasteiger partial charge in [-0.05, 0) is 14.1 Å². The predicted molar refractivity (Wildman–Crippen MR) is 55.3 cm³/mol. The molecule has 0 unspecified atom stereocenters. The maximum absolute atomic E-state index is 9.66. The zero-order valence-electron chi connectivity index (χ0n) is 9.35. The van der Waals surface area contributed by atoms with Gasteiger partial charge in [0.1, 0.15) is 0 Å². The average Bonchev–Trinajstić information content (AvgIpc) is 2.12. The minimum absolute atomic E-state index is 0.712. The number of amides is 1. The third-order valence-electron chi connectivity index (χ3n) is 0.787. The Morgan fingerprint density at radius 1 is 1.17 bits per heavy atom. The summed E-state index contributed by atoms with van der Waals surface area (Å²) >= 11 is 0. The van der Waals surface area contributed by atoms with E-state index in [-0.39, 0.29) is 0 Å². The Morgan fingerprint density at radius 2 is 1.58 bits per heavy atom. The van der Waals surface area contributed by atoms with Gasteiger partial charge in [-0.2, -0.15) is 0 Å². The molecular weight excluding hydrogens is 152 g/mol. The van der Waals surface area contributed by atoms with Crippen LogP contribution in [0.15, 0.2) is 0 Å². The van der Waals surface area contributed by atoms with E-state index in [4.69, 9.17) is 0 Å². The van der Waals surface area contributed by atoms with Gasteiger partial charge in [0.25, 0.3) is 0 Å². The average molecular weight is 176 g/mol. The number of rotatable bonds is 4.